The second-order valence-corrected chi connectivity index (χ2v) is 7.25. The number of hydrogen-bond acceptors (Lipinski definition) is 6. The van der Waals surface area contributed by atoms with Crippen molar-refractivity contribution >= 4 is 17.4 Å². The fourth-order valence-corrected chi connectivity index (χ4v) is 3.83. The van der Waals surface area contributed by atoms with Gasteiger partial charge in [0.2, 0.25) is 0 Å². The van der Waals surface area contributed by atoms with Crippen LogP contribution in [0.4, 0.5) is 4.39 Å². The van der Waals surface area contributed by atoms with Crippen molar-refractivity contribution in [2.24, 2.45) is 0 Å². The van der Waals surface area contributed by atoms with Gasteiger partial charge in [-0.2, -0.15) is 0 Å². The van der Waals surface area contributed by atoms with E-state index >= 15 is 0 Å². The molecule has 2 aromatic carbocycles. The largest absolute Gasteiger partial charge is 0.507 e. The van der Waals surface area contributed by atoms with Crippen molar-refractivity contribution in [2.75, 3.05) is 33.5 Å². The summed E-state index contributed by atoms with van der Waals surface area (Å²) in [4.78, 5) is 27.1. The van der Waals surface area contributed by atoms with Crippen LogP contribution in [-0.2, 0) is 14.3 Å². The van der Waals surface area contributed by atoms with E-state index in [9.17, 15) is 19.1 Å². The number of carbonyl (C=O) groups excluding carboxylic acids is 2. The number of ether oxygens (including phenoxy) is 3. The third kappa shape index (κ3) is 3.98. The van der Waals surface area contributed by atoms with Gasteiger partial charge in [0.15, 0.2) is 11.5 Å². The number of carbonyl (C=O) groups is 2. The Morgan fingerprint density at radius 3 is 2.55 bits per heavy atom. The summed E-state index contributed by atoms with van der Waals surface area (Å²) in [5.74, 6) is -1.28. The number of benzene rings is 2. The molecule has 8 heteroatoms. The van der Waals surface area contributed by atoms with Crippen molar-refractivity contribution in [3.8, 4) is 11.5 Å². The average Bonchev–Trinajstić information content (AvgIpc) is 3.04. The number of Topliss-reactive ketones (excluding diaryl/α,β-unsaturated/α-hetero) is 1. The Hall–Kier alpha value is -3.39. The summed E-state index contributed by atoms with van der Waals surface area (Å²) in [5, 5.41) is 11.1. The highest BCUT2D eigenvalue weighted by atomic mass is 19.1. The van der Waals surface area contributed by atoms with E-state index in [-0.39, 0.29) is 17.9 Å². The van der Waals surface area contributed by atoms with E-state index in [0.29, 0.717) is 48.9 Å². The third-order valence-corrected chi connectivity index (χ3v) is 5.29. The maximum absolute atomic E-state index is 13.5. The molecular formula is C23H22FNO6. The molecule has 0 radical (unpaired) electrons. The number of hydrogen-bond donors (Lipinski definition) is 1. The summed E-state index contributed by atoms with van der Waals surface area (Å²) in [6.45, 7) is 1.45. The van der Waals surface area contributed by atoms with Crippen LogP contribution in [0.2, 0.25) is 0 Å². The first-order valence-corrected chi connectivity index (χ1v) is 9.94. The van der Waals surface area contributed by atoms with Gasteiger partial charge in [-0.1, -0.05) is 12.1 Å². The Kier molecular flexibility index (Phi) is 5.90. The number of likely N-dealkylation sites (tertiary alicyclic amines) is 1. The van der Waals surface area contributed by atoms with Crippen molar-refractivity contribution in [1.29, 1.82) is 0 Å². The van der Waals surface area contributed by atoms with Gasteiger partial charge in [0.05, 0.1) is 11.6 Å². The minimum Gasteiger partial charge on any atom is -0.507 e. The molecule has 0 spiro atoms. The van der Waals surface area contributed by atoms with Crippen molar-refractivity contribution < 1.29 is 33.3 Å². The molecule has 2 aliphatic heterocycles. The summed E-state index contributed by atoms with van der Waals surface area (Å²) in [7, 11) is 1.55. The number of aliphatic hydroxyl groups excluding tert-OH is 1. The van der Waals surface area contributed by atoms with Crippen molar-refractivity contribution in [2.45, 2.75) is 12.5 Å². The number of methoxy groups -OCH3 is 1. The molecule has 1 atom stereocenters. The topological polar surface area (TPSA) is 85.3 Å². The van der Waals surface area contributed by atoms with Gasteiger partial charge in [-0.3, -0.25) is 9.59 Å². The minimum absolute atomic E-state index is 0.0503. The number of rotatable bonds is 6. The molecule has 2 heterocycles. The molecule has 4 rings (SSSR count). The zero-order valence-corrected chi connectivity index (χ0v) is 17.0. The van der Waals surface area contributed by atoms with Crippen LogP contribution < -0.4 is 9.47 Å². The van der Waals surface area contributed by atoms with Crippen LogP contribution in [0.25, 0.3) is 5.76 Å². The van der Waals surface area contributed by atoms with E-state index in [1.165, 1.54) is 29.2 Å². The summed E-state index contributed by atoms with van der Waals surface area (Å²) in [6, 6.07) is 9.51. The number of fused-ring (bicyclic) bond motifs is 1. The van der Waals surface area contributed by atoms with Crippen LogP contribution in [0.15, 0.2) is 48.0 Å². The Morgan fingerprint density at radius 2 is 1.84 bits per heavy atom. The minimum atomic E-state index is -0.842. The van der Waals surface area contributed by atoms with Gasteiger partial charge in [-0.05, 0) is 42.3 Å². The lowest BCUT2D eigenvalue weighted by atomic mass is 9.95. The molecule has 7 nitrogen and oxygen atoms in total. The second-order valence-electron chi connectivity index (χ2n) is 7.25. The van der Waals surface area contributed by atoms with Crippen molar-refractivity contribution in [1.82, 2.24) is 4.90 Å². The highest BCUT2D eigenvalue weighted by Gasteiger charge is 2.45. The Morgan fingerprint density at radius 1 is 1.13 bits per heavy atom. The highest BCUT2D eigenvalue weighted by Crippen LogP contribution is 2.41. The number of aliphatic hydroxyl groups is 1. The van der Waals surface area contributed by atoms with E-state index in [1.807, 2.05) is 0 Å². The maximum atomic E-state index is 13.5. The molecule has 31 heavy (non-hydrogen) atoms. The highest BCUT2D eigenvalue weighted by molar-refractivity contribution is 6.46. The second kappa shape index (κ2) is 8.77. The smallest absolute Gasteiger partial charge is 0.295 e. The van der Waals surface area contributed by atoms with Gasteiger partial charge in [0.1, 0.15) is 24.8 Å². The first-order chi connectivity index (χ1) is 15.0. The predicted octanol–water partition coefficient (Wildman–Crippen LogP) is 3.06. The normalized spacial score (nSPS) is 19.7. The molecule has 2 aromatic rings. The number of nitrogens with zero attached hydrogens (tertiary/aromatic N) is 1. The van der Waals surface area contributed by atoms with Crippen LogP contribution in [0.1, 0.15) is 23.6 Å². The fourth-order valence-electron chi connectivity index (χ4n) is 3.83. The molecule has 0 saturated carbocycles. The molecule has 162 valence electrons. The Balaban J connectivity index is 1.79. The van der Waals surface area contributed by atoms with Gasteiger partial charge < -0.3 is 24.2 Å². The molecule has 0 unspecified atom stereocenters. The van der Waals surface area contributed by atoms with E-state index in [1.54, 1.807) is 25.3 Å². The van der Waals surface area contributed by atoms with E-state index in [4.69, 9.17) is 14.2 Å². The van der Waals surface area contributed by atoms with E-state index in [2.05, 4.69) is 0 Å². The van der Waals surface area contributed by atoms with Crippen molar-refractivity contribution in [3.63, 3.8) is 0 Å². The lowest BCUT2D eigenvalue weighted by molar-refractivity contribution is -0.140. The first-order valence-electron chi connectivity index (χ1n) is 9.94. The van der Waals surface area contributed by atoms with Gasteiger partial charge in [0.25, 0.3) is 11.7 Å². The lowest BCUT2D eigenvalue weighted by Gasteiger charge is -2.25. The third-order valence-electron chi connectivity index (χ3n) is 5.29. The van der Waals surface area contributed by atoms with Gasteiger partial charge in [-0.15, -0.1) is 0 Å². The Bertz CT molecular complexity index is 1030. The zero-order valence-electron chi connectivity index (χ0n) is 17.0. The predicted molar refractivity (Wildman–Crippen MR) is 109 cm³/mol. The SMILES string of the molecule is COCCCN1C(=O)C(=O)C(=C(O)c2ccc3c(c2)OCCO3)[C@H]1c1ccc(F)cc1. The number of amides is 1. The lowest BCUT2D eigenvalue weighted by Crippen LogP contribution is -2.31. The van der Waals surface area contributed by atoms with Gasteiger partial charge >= 0.3 is 0 Å². The average molecular weight is 427 g/mol. The van der Waals surface area contributed by atoms with Crippen LogP contribution in [-0.4, -0.2) is 55.2 Å². The number of ketones is 1. The summed E-state index contributed by atoms with van der Waals surface area (Å²) in [5.41, 5.74) is 0.800. The van der Waals surface area contributed by atoms with Gasteiger partial charge in [0, 0.05) is 25.8 Å². The molecule has 2 aliphatic rings. The zero-order chi connectivity index (χ0) is 22.0. The summed E-state index contributed by atoms with van der Waals surface area (Å²) >= 11 is 0. The molecule has 1 saturated heterocycles. The standard InChI is InChI=1S/C23H22FNO6/c1-29-10-2-9-25-20(14-3-6-16(24)7-4-14)19(22(27)23(25)28)21(26)15-5-8-17-18(13-15)31-12-11-30-17/h3-8,13,20,26H,2,9-12H2,1H3/t20-/m1/s1. The summed E-state index contributed by atoms with van der Waals surface area (Å²) < 4.78 is 29.6. The number of halogens is 1. The molecule has 1 amide bonds. The van der Waals surface area contributed by atoms with Crippen molar-refractivity contribution in [3.05, 3.63) is 65.0 Å². The fraction of sp³-hybridized carbons (Fsp3) is 0.304. The molecule has 0 aromatic heterocycles. The molecule has 0 aliphatic carbocycles. The van der Waals surface area contributed by atoms with Crippen LogP contribution in [0.5, 0.6) is 11.5 Å². The van der Waals surface area contributed by atoms with Gasteiger partial charge in [-0.25, -0.2) is 4.39 Å². The molecular weight excluding hydrogens is 405 g/mol. The molecule has 0 bridgehead atoms. The van der Waals surface area contributed by atoms with Crippen LogP contribution >= 0.6 is 0 Å². The first kappa shape index (κ1) is 20.9. The molecule has 1 fully saturated rings. The maximum Gasteiger partial charge on any atom is 0.295 e. The monoisotopic (exact) mass is 427 g/mol. The van der Waals surface area contributed by atoms with Crippen LogP contribution in [0.3, 0.4) is 0 Å². The Labute approximate surface area is 178 Å². The quantitative estimate of drug-likeness (QED) is 0.330. The van der Waals surface area contributed by atoms with Crippen LogP contribution in [0, 0.1) is 5.82 Å². The summed E-state index contributed by atoms with van der Waals surface area (Å²) in [6.07, 6.45) is 0.505. The van der Waals surface area contributed by atoms with E-state index < -0.39 is 23.5 Å². The van der Waals surface area contributed by atoms with E-state index in [0.717, 1.165) is 0 Å². The molecule has 1 N–H and O–H groups in total.